The molecule has 0 unspecified atom stereocenters. The van der Waals surface area contributed by atoms with Crippen LogP contribution in [0.4, 0.5) is 17.1 Å². The van der Waals surface area contributed by atoms with E-state index in [1.807, 2.05) is 0 Å². The summed E-state index contributed by atoms with van der Waals surface area (Å²) in [5.74, 6) is 0. The van der Waals surface area contributed by atoms with Crippen LogP contribution in [-0.4, -0.2) is 0 Å². The molecule has 0 N–H and O–H groups in total. The van der Waals surface area contributed by atoms with Gasteiger partial charge in [-0.2, -0.15) is 0 Å². The second-order valence-electron chi connectivity index (χ2n) is 15.4. The van der Waals surface area contributed by atoms with Crippen LogP contribution >= 0.6 is 0 Å². The highest BCUT2D eigenvalue weighted by atomic mass is 15.1. The normalized spacial score (nSPS) is 12.9. The summed E-state index contributed by atoms with van der Waals surface area (Å²) < 4.78 is 0. The maximum absolute atomic E-state index is 2.48. The fourth-order valence-corrected chi connectivity index (χ4v) is 8.40. The van der Waals surface area contributed by atoms with Crippen molar-refractivity contribution in [1.29, 1.82) is 0 Å². The molecule has 0 heterocycles. The summed E-state index contributed by atoms with van der Waals surface area (Å²) in [5, 5.41) is 0. The van der Waals surface area contributed by atoms with Crippen molar-refractivity contribution >= 4 is 17.1 Å². The maximum Gasteiger partial charge on any atom is 0.0714 e. The molecular formula is C53H43N. The first kappa shape index (κ1) is 33.4. The van der Waals surface area contributed by atoms with E-state index in [1.54, 1.807) is 0 Å². The standard InChI is InChI=1S/C53H43N/c1-52(2,3)44-28-34-48-49-35-33-47(37-51(49)53(50(48)36-44,42-20-12-6-13-21-42)43-22-14-7-15-23-43)54(45-29-24-40(25-30-45)38-16-8-4-9-17-38)46-31-26-41(27-32-46)39-18-10-5-11-19-39/h4-37H,1-3H3. The van der Waals surface area contributed by atoms with Crippen molar-refractivity contribution < 1.29 is 0 Å². The Morgan fingerprint density at radius 1 is 0.352 bits per heavy atom. The van der Waals surface area contributed by atoms with E-state index in [-0.39, 0.29) is 5.41 Å². The molecule has 8 aromatic rings. The van der Waals surface area contributed by atoms with Gasteiger partial charge in [-0.15, -0.1) is 0 Å². The summed E-state index contributed by atoms with van der Waals surface area (Å²) in [7, 11) is 0. The van der Waals surface area contributed by atoms with E-state index in [9.17, 15) is 0 Å². The molecule has 0 radical (unpaired) electrons. The Hall–Kier alpha value is -6.44. The van der Waals surface area contributed by atoms with Gasteiger partial charge in [-0.3, -0.25) is 0 Å². The molecule has 1 aliphatic carbocycles. The third-order valence-corrected chi connectivity index (χ3v) is 11.1. The summed E-state index contributed by atoms with van der Waals surface area (Å²) in [4.78, 5) is 2.41. The molecule has 1 heteroatoms. The second-order valence-corrected chi connectivity index (χ2v) is 15.4. The molecule has 0 atom stereocenters. The van der Waals surface area contributed by atoms with Crippen LogP contribution in [0.3, 0.4) is 0 Å². The van der Waals surface area contributed by atoms with Crippen molar-refractivity contribution in [1.82, 2.24) is 0 Å². The number of hydrogen-bond acceptors (Lipinski definition) is 1. The van der Waals surface area contributed by atoms with Gasteiger partial charge in [-0.25, -0.2) is 0 Å². The fraction of sp³-hybridized carbons (Fsp3) is 0.0943. The molecule has 0 bridgehead atoms. The first-order valence-electron chi connectivity index (χ1n) is 18.9. The van der Waals surface area contributed by atoms with Crippen LogP contribution in [-0.2, 0) is 10.8 Å². The molecule has 1 nitrogen and oxygen atoms in total. The van der Waals surface area contributed by atoms with E-state index < -0.39 is 5.41 Å². The van der Waals surface area contributed by atoms with Gasteiger partial charge in [0, 0.05) is 17.1 Å². The molecule has 54 heavy (non-hydrogen) atoms. The number of rotatable bonds is 7. The average Bonchev–Trinajstić information content (AvgIpc) is 3.52. The molecule has 9 rings (SSSR count). The summed E-state index contributed by atoms with van der Waals surface area (Å²) in [6.07, 6.45) is 0. The van der Waals surface area contributed by atoms with Crippen molar-refractivity contribution in [3.05, 3.63) is 234 Å². The minimum absolute atomic E-state index is 0.00268. The predicted octanol–water partition coefficient (Wildman–Crippen LogP) is 14.2. The molecule has 0 saturated heterocycles. The Labute approximate surface area is 319 Å². The second kappa shape index (κ2) is 13.5. The molecule has 0 saturated carbocycles. The van der Waals surface area contributed by atoms with Crippen LogP contribution in [0.5, 0.6) is 0 Å². The highest BCUT2D eigenvalue weighted by molar-refractivity contribution is 5.90. The Kier molecular flexibility index (Phi) is 8.36. The zero-order valence-electron chi connectivity index (χ0n) is 31.1. The summed E-state index contributed by atoms with van der Waals surface area (Å²) in [6.45, 7) is 6.93. The van der Waals surface area contributed by atoms with Gasteiger partial charge in [-0.05, 0) is 103 Å². The van der Waals surface area contributed by atoms with Gasteiger partial charge < -0.3 is 4.90 Å². The van der Waals surface area contributed by atoms with Crippen molar-refractivity contribution in [2.75, 3.05) is 4.90 Å². The van der Waals surface area contributed by atoms with Gasteiger partial charge >= 0.3 is 0 Å². The molecule has 0 fully saturated rings. The van der Waals surface area contributed by atoms with Crippen molar-refractivity contribution in [2.24, 2.45) is 0 Å². The topological polar surface area (TPSA) is 3.24 Å². The summed E-state index contributed by atoms with van der Waals surface area (Å²) >= 11 is 0. The van der Waals surface area contributed by atoms with E-state index in [0.29, 0.717) is 0 Å². The lowest BCUT2D eigenvalue weighted by molar-refractivity contribution is 0.588. The van der Waals surface area contributed by atoms with Crippen LogP contribution in [0.15, 0.2) is 206 Å². The first-order chi connectivity index (χ1) is 26.4. The quantitative estimate of drug-likeness (QED) is 0.161. The van der Waals surface area contributed by atoms with E-state index in [2.05, 4.69) is 232 Å². The van der Waals surface area contributed by atoms with E-state index in [1.165, 1.54) is 61.2 Å². The maximum atomic E-state index is 2.48. The number of anilines is 3. The number of fused-ring (bicyclic) bond motifs is 3. The molecule has 8 aromatic carbocycles. The van der Waals surface area contributed by atoms with Crippen LogP contribution in [0.25, 0.3) is 33.4 Å². The average molecular weight is 694 g/mol. The van der Waals surface area contributed by atoms with Crippen molar-refractivity contribution in [3.63, 3.8) is 0 Å². The number of nitrogens with zero attached hydrogens (tertiary/aromatic N) is 1. The minimum Gasteiger partial charge on any atom is -0.310 e. The van der Waals surface area contributed by atoms with Crippen LogP contribution in [0, 0.1) is 0 Å². The first-order valence-corrected chi connectivity index (χ1v) is 18.9. The lowest BCUT2D eigenvalue weighted by Gasteiger charge is -2.35. The van der Waals surface area contributed by atoms with Crippen LogP contribution in [0.1, 0.15) is 48.6 Å². The zero-order valence-corrected chi connectivity index (χ0v) is 31.1. The number of hydrogen-bond donors (Lipinski definition) is 0. The van der Waals surface area contributed by atoms with Gasteiger partial charge in [-0.1, -0.05) is 191 Å². The Morgan fingerprint density at radius 2 is 0.722 bits per heavy atom. The van der Waals surface area contributed by atoms with Crippen LogP contribution < -0.4 is 4.90 Å². The third kappa shape index (κ3) is 5.74. The van der Waals surface area contributed by atoms with Crippen molar-refractivity contribution in [3.8, 4) is 33.4 Å². The van der Waals surface area contributed by atoms with Gasteiger partial charge in [0.2, 0.25) is 0 Å². The SMILES string of the molecule is CC(C)(C)c1ccc2c(c1)C(c1ccccc1)(c1ccccc1)c1cc(N(c3ccc(-c4ccccc4)cc3)c3ccc(-c4ccccc4)cc3)ccc1-2. The lowest BCUT2D eigenvalue weighted by atomic mass is 9.67. The largest absolute Gasteiger partial charge is 0.310 e. The highest BCUT2D eigenvalue weighted by Gasteiger charge is 2.47. The Balaban J connectivity index is 1.27. The van der Waals surface area contributed by atoms with E-state index in [0.717, 1.165) is 17.1 Å². The van der Waals surface area contributed by atoms with Crippen molar-refractivity contribution in [2.45, 2.75) is 31.6 Å². The predicted molar refractivity (Wildman–Crippen MR) is 228 cm³/mol. The Bertz CT molecular complexity index is 2410. The van der Waals surface area contributed by atoms with Gasteiger partial charge in [0.05, 0.1) is 5.41 Å². The third-order valence-electron chi connectivity index (χ3n) is 11.1. The van der Waals surface area contributed by atoms with E-state index >= 15 is 0 Å². The van der Waals surface area contributed by atoms with E-state index in [4.69, 9.17) is 0 Å². The lowest BCUT2D eigenvalue weighted by Crippen LogP contribution is -2.29. The molecule has 0 aromatic heterocycles. The van der Waals surface area contributed by atoms with Gasteiger partial charge in [0.25, 0.3) is 0 Å². The van der Waals surface area contributed by atoms with Gasteiger partial charge in [0.15, 0.2) is 0 Å². The molecule has 0 spiro atoms. The molecule has 260 valence electrons. The number of benzene rings is 8. The van der Waals surface area contributed by atoms with Crippen LogP contribution in [0.2, 0.25) is 0 Å². The molecule has 0 aliphatic heterocycles. The highest BCUT2D eigenvalue weighted by Crippen LogP contribution is 2.58. The summed E-state index contributed by atoms with van der Waals surface area (Å²) in [6, 6.07) is 75.8. The molecule has 0 amide bonds. The summed E-state index contributed by atoms with van der Waals surface area (Å²) in [5.41, 5.74) is 16.7. The van der Waals surface area contributed by atoms with Gasteiger partial charge in [0.1, 0.15) is 0 Å². The molecule has 1 aliphatic rings. The smallest absolute Gasteiger partial charge is 0.0714 e. The zero-order chi connectivity index (χ0) is 36.7. The Morgan fingerprint density at radius 3 is 1.17 bits per heavy atom. The molecular weight excluding hydrogens is 651 g/mol. The monoisotopic (exact) mass is 693 g/mol. The minimum atomic E-state index is -0.509. The fourth-order valence-electron chi connectivity index (χ4n) is 8.40.